The van der Waals surface area contributed by atoms with Crippen LogP contribution in [-0.4, -0.2) is 112 Å². The predicted molar refractivity (Wildman–Crippen MR) is 226 cm³/mol. The number of likely N-dealkylation sites (tertiary alicyclic amines) is 1. The first-order chi connectivity index (χ1) is 30.2. The fourth-order valence-electron chi connectivity index (χ4n) is 9.22. The van der Waals surface area contributed by atoms with E-state index in [1.807, 2.05) is 41.1 Å². The molecule has 0 radical (unpaired) electrons. The molecule has 63 heavy (non-hydrogen) atoms. The number of aliphatic hydroxyl groups excluding tert-OH is 1. The van der Waals surface area contributed by atoms with Crippen LogP contribution in [0.25, 0.3) is 22.2 Å². The Balaban J connectivity index is 0.809. The Morgan fingerprint density at radius 1 is 0.952 bits per heavy atom. The highest BCUT2D eigenvalue weighted by atomic mass is 32.2. The number of hydrogen-bond donors (Lipinski definition) is 4. The molecule has 0 spiro atoms. The number of hydrogen-bond acceptors (Lipinski definition) is 9. The normalized spacial score (nSPS) is 20.6. The van der Waals surface area contributed by atoms with Gasteiger partial charge in [-0.25, -0.2) is 18.2 Å². The number of H-pyrrole nitrogens is 1. The number of nitrogens with one attached hydrogen (secondary N) is 3. The van der Waals surface area contributed by atoms with Gasteiger partial charge >= 0.3 is 10.2 Å². The third kappa shape index (κ3) is 8.47. The van der Waals surface area contributed by atoms with E-state index >= 15 is 8.78 Å². The molecule has 5 aromatic rings. The number of carbonyl (C=O) groups is 4. The van der Waals surface area contributed by atoms with Gasteiger partial charge in [-0.2, -0.15) is 12.7 Å². The van der Waals surface area contributed by atoms with Crippen molar-refractivity contribution in [1.82, 2.24) is 29.4 Å². The number of rotatable bonds is 12. The van der Waals surface area contributed by atoms with E-state index in [-0.39, 0.29) is 43.3 Å². The first kappa shape index (κ1) is 42.4. The third-order valence-electron chi connectivity index (χ3n) is 12.6. The van der Waals surface area contributed by atoms with Gasteiger partial charge in [-0.3, -0.25) is 29.2 Å². The number of halogens is 3. The maximum absolute atomic E-state index is 15.7. The van der Waals surface area contributed by atoms with Crippen molar-refractivity contribution in [3.05, 3.63) is 118 Å². The van der Waals surface area contributed by atoms with Gasteiger partial charge in [-0.05, 0) is 97.6 Å². The van der Waals surface area contributed by atoms with Crippen molar-refractivity contribution in [2.75, 3.05) is 37.4 Å². The molecule has 9 rings (SSSR count). The van der Waals surface area contributed by atoms with Crippen molar-refractivity contribution in [2.45, 2.75) is 69.3 Å². The second-order valence-electron chi connectivity index (χ2n) is 16.7. The van der Waals surface area contributed by atoms with Crippen LogP contribution in [-0.2, 0) is 32.8 Å². The van der Waals surface area contributed by atoms with E-state index in [0.29, 0.717) is 47.5 Å². The molecule has 14 nitrogen and oxygen atoms in total. The van der Waals surface area contributed by atoms with Crippen LogP contribution in [0.1, 0.15) is 81.0 Å². The summed E-state index contributed by atoms with van der Waals surface area (Å²) in [5.74, 6) is -4.31. The number of β-amino-alcohol motifs (C(OH)–C–C–N with tert-alkyl or cyclic N) is 1. The van der Waals surface area contributed by atoms with Crippen LogP contribution in [0.15, 0.2) is 73.1 Å². The number of aromatic nitrogens is 2. The van der Waals surface area contributed by atoms with Crippen LogP contribution in [0.5, 0.6) is 0 Å². The zero-order chi connectivity index (χ0) is 44.2. The highest BCUT2D eigenvalue weighted by Gasteiger charge is 2.39. The van der Waals surface area contributed by atoms with Crippen LogP contribution >= 0.6 is 0 Å². The SMILES string of the molecule is O=C1CC[C@H](N2Cc3cc(C[C@@H](O)CN4CCC(c5ccc(-c6cnc7[nH]cc(C(=O)c8c(F)ccc(NS(=O)(=O)N9CC[C@@H](F)C9)c8F)c7c6)cc5)CC4)ccc3C2=O)C(=O)N1. The minimum absolute atomic E-state index is 0.00406. The van der Waals surface area contributed by atoms with Crippen molar-refractivity contribution >= 4 is 50.4 Å². The third-order valence-corrected chi connectivity index (χ3v) is 14.1. The topological polar surface area (TPSA) is 185 Å². The first-order valence-corrected chi connectivity index (χ1v) is 22.4. The lowest BCUT2D eigenvalue weighted by molar-refractivity contribution is -0.136. The maximum atomic E-state index is 15.7. The molecule has 3 saturated heterocycles. The molecular formula is C45H44F3N7O7S. The summed E-state index contributed by atoms with van der Waals surface area (Å²) in [5, 5.41) is 13.7. The predicted octanol–water partition coefficient (Wildman–Crippen LogP) is 4.98. The molecule has 6 heterocycles. The van der Waals surface area contributed by atoms with Gasteiger partial charge in [0.25, 0.3) is 5.91 Å². The minimum Gasteiger partial charge on any atom is -0.391 e. The van der Waals surface area contributed by atoms with Gasteiger partial charge in [0.15, 0.2) is 5.82 Å². The zero-order valence-electron chi connectivity index (χ0n) is 34.0. The number of carbonyl (C=O) groups excluding carboxylic acids is 4. The monoisotopic (exact) mass is 883 g/mol. The molecule has 3 aromatic carbocycles. The second kappa shape index (κ2) is 17.0. The fourth-order valence-corrected chi connectivity index (χ4v) is 10.5. The number of alkyl halides is 1. The van der Waals surface area contributed by atoms with Crippen molar-refractivity contribution < 1.29 is 45.9 Å². The Morgan fingerprint density at radius 3 is 2.46 bits per heavy atom. The number of fused-ring (bicyclic) bond motifs is 2. The smallest absolute Gasteiger partial charge is 0.301 e. The summed E-state index contributed by atoms with van der Waals surface area (Å²) < 4.78 is 73.0. The molecule has 18 heteroatoms. The van der Waals surface area contributed by atoms with Crippen molar-refractivity contribution in [3.8, 4) is 11.1 Å². The second-order valence-corrected chi connectivity index (χ2v) is 18.4. The number of imide groups is 1. The fraction of sp³-hybridized carbons (Fsp3) is 0.356. The number of benzene rings is 3. The van der Waals surface area contributed by atoms with Crippen LogP contribution in [0.4, 0.5) is 18.9 Å². The molecule has 328 valence electrons. The molecular weight excluding hydrogens is 840 g/mol. The van der Waals surface area contributed by atoms with Crippen molar-refractivity contribution in [1.29, 1.82) is 0 Å². The molecule has 4 aliphatic rings. The van der Waals surface area contributed by atoms with Crippen LogP contribution in [0, 0.1) is 11.6 Å². The van der Waals surface area contributed by atoms with E-state index < -0.39 is 69.6 Å². The molecule has 0 unspecified atom stereocenters. The first-order valence-electron chi connectivity index (χ1n) is 20.9. The van der Waals surface area contributed by atoms with Gasteiger partial charge in [0.1, 0.15) is 23.7 Å². The molecule has 0 bridgehead atoms. The van der Waals surface area contributed by atoms with Crippen LogP contribution in [0.2, 0.25) is 0 Å². The summed E-state index contributed by atoms with van der Waals surface area (Å²) in [4.78, 5) is 61.9. The van der Waals surface area contributed by atoms with Gasteiger partial charge in [-0.15, -0.1) is 0 Å². The summed E-state index contributed by atoms with van der Waals surface area (Å²) in [5.41, 5.74) is 3.51. The quantitative estimate of drug-likeness (QED) is 0.0991. The number of piperidine rings is 2. The molecule has 4 N–H and O–H groups in total. The largest absolute Gasteiger partial charge is 0.391 e. The van der Waals surface area contributed by atoms with Gasteiger partial charge in [-0.1, -0.05) is 36.4 Å². The Hall–Kier alpha value is -5.95. The standard InChI is InChI=1S/C45H44F3N7O7S/c46-31-13-16-54(23-31)63(61,62)52-37-8-7-36(47)40(41(37)48)42(58)35-21-50-43-34(35)19-29(20-49-43)27-4-2-26(3-5-27)28-11-14-53(15-12-28)24-32(56)18-25-1-6-33-30(17-25)22-55(45(33)60)38-9-10-39(57)51-44(38)59/h1-8,17,19-21,28,31-32,38,52,56H,9-16,18,22-24H2,(H,49,50)(H,51,57,59)/t31-,32-,38+/m1/s1. The summed E-state index contributed by atoms with van der Waals surface area (Å²) in [6.45, 7) is 1.86. The van der Waals surface area contributed by atoms with Gasteiger partial charge < -0.3 is 19.9 Å². The van der Waals surface area contributed by atoms with E-state index in [9.17, 15) is 37.1 Å². The number of pyridine rings is 1. The van der Waals surface area contributed by atoms with E-state index in [0.717, 1.165) is 64.6 Å². The Labute approximate surface area is 360 Å². The van der Waals surface area contributed by atoms with Gasteiger partial charge in [0.2, 0.25) is 17.6 Å². The number of aromatic amines is 1. The molecule has 0 saturated carbocycles. The lowest BCUT2D eigenvalue weighted by Gasteiger charge is -2.33. The van der Waals surface area contributed by atoms with E-state index in [4.69, 9.17) is 0 Å². The highest BCUT2D eigenvalue weighted by Crippen LogP contribution is 2.34. The summed E-state index contributed by atoms with van der Waals surface area (Å²) in [6.07, 6.45) is 3.61. The van der Waals surface area contributed by atoms with Crippen LogP contribution in [0.3, 0.4) is 0 Å². The number of anilines is 1. The average Bonchev–Trinajstić information content (AvgIpc) is 3.99. The summed E-state index contributed by atoms with van der Waals surface area (Å²) in [7, 11) is -4.36. The maximum Gasteiger partial charge on any atom is 0.301 e. The summed E-state index contributed by atoms with van der Waals surface area (Å²) >= 11 is 0. The molecule has 4 aliphatic heterocycles. The molecule has 3 amide bonds. The number of ketones is 1. The molecule has 3 fully saturated rings. The van der Waals surface area contributed by atoms with Crippen LogP contribution < -0.4 is 10.0 Å². The highest BCUT2D eigenvalue weighted by molar-refractivity contribution is 7.90. The average molecular weight is 884 g/mol. The molecule has 2 aromatic heterocycles. The van der Waals surface area contributed by atoms with E-state index in [1.165, 1.54) is 11.1 Å². The van der Waals surface area contributed by atoms with Crippen molar-refractivity contribution in [3.63, 3.8) is 0 Å². The van der Waals surface area contributed by atoms with Gasteiger partial charge in [0, 0.05) is 67.1 Å². The number of nitrogens with zero attached hydrogens (tertiary/aromatic N) is 4. The minimum atomic E-state index is -4.36. The molecule has 3 atom stereocenters. The lowest BCUT2D eigenvalue weighted by atomic mass is 9.88. The summed E-state index contributed by atoms with van der Waals surface area (Å²) in [6, 6.07) is 16.2. The number of aliphatic hydroxyl groups is 1. The van der Waals surface area contributed by atoms with E-state index in [2.05, 4.69) is 20.2 Å². The lowest BCUT2D eigenvalue weighted by Crippen LogP contribution is -2.52. The number of amides is 3. The molecule has 0 aliphatic carbocycles. The van der Waals surface area contributed by atoms with Crippen molar-refractivity contribution in [2.24, 2.45) is 0 Å². The zero-order valence-corrected chi connectivity index (χ0v) is 34.8. The van der Waals surface area contributed by atoms with Gasteiger partial charge in [0.05, 0.1) is 17.4 Å². The Kier molecular flexibility index (Phi) is 11.4. The van der Waals surface area contributed by atoms with E-state index in [1.54, 1.807) is 18.3 Å². The Bertz CT molecular complexity index is 2760. The Morgan fingerprint density at radius 2 is 1.73 bits per heavy atom.